The molecular weight excluding hydrogens is 312 g/mol. The molecule has 4 nitrogen and oxygen atoms in total. The Kier molecular flexibility index (Phi) is 7.51. The fourth-order valence-electron chi connectivity index (χ4n) is 3.80. The zero-order valence-corrected chi connectivity index (χ0v) is 15.7. The summed E-state index contributed by atoms with van der Waals surface area (Å²) in [4.78, 5) is 12.6. The van der Waals surface area contributed by atoms with Gasteiger partial charge in [-0.25, -0.2) is 0 Å². The van der Waals surface area contributed by atoms with E-state index < -0.39 is 0 Å². The van der Waals surface area contributed by atoms with Crippen LogP contribution in [0.1, 0.15) is 58.8 Å². The predicted octanol–water partition coefficient (Wildman–Crippen LogP) is 2.94. The highest BCUT2D eigenvalue weighted by atomic mass is 16.3. The lowest BCUT2D eigenvalue weighted by molar-refractivity contribution is -0.117. The van der Waals surface area contributed by atoms with Crippen LogP contribution in [0.5, 0.6) is 0 Å². The molecule has 0 atom stereocenters. The average molecular weight is 344 g/mol. The van der Waals surface area contributed by atoms with E-state index in [0.29, 0.717) is 18.9 Å². The number of aliphatic hydroxyl groups is 1. The Morgan fingerprint density at radius 2 is 2.04 bits per heavy atom. The predicted molar refractivity (Wildman–Crippen MR) is 105 cm³/mol. The van der Waals surface area contributed by atoms with Crippen LogP contribution >= 0.6 is 0 Å². The first kappa shape index (κ1) is 19.5. The Hall–Kier alpha value is -1.81. The van der Waals surface area contributed by atoms with Crippen LogP contribution in [-0.4, -0.2) is 22.2 Å². The van der Waals surface area contributed by atoms with Gasteiger partial charge in [-0.15, -0.1) is 0 Å². The fraction of sp³-hybridized carbons (Fsp3) is 0.571. The second kappa shape index (κ2) is 9.62. The van der Waals surface area contributed by atoms with Crippen molar-refractivity contribution in [3.05, 3.63) is 28.9 Å². The molecule has 4 heteroatoms. The molecule has 1 aromatic heterocycles. The topological polar surface area (TPSA) is 54.3 Å². The molecule has 0 spiro atoms. The van der Waals surface area contributed by atoms with Crippen LogP contribution in [0.15, 0.2) is 18.3 Å². The third-order valence-corrected chi connectivity index (χ3v) is 5.06. The summed E-state index contributed by atoms with van der Waals surface area (Å²) in [6, 6.07) is 0. The van der Waals surface area contributed by atoms with E-state index in [2.05, 4.69) is 11.9 Å². The SMILES string of the molecule is C=c1c(=C(C)C=CC)c(NC(=O)CC2CCCCCC2)cn1CCO. The van der Waals surface area contributed by atoms with E-state index in [4.69, 9.17) is 0 Å². The standard InChI is InChI=1S/C21H32N2O2/c1-4-9-16(2)21-17(3)23(12-13-24)15-19(21)22-20(25)14-18-10-7-5-6-8-11-18/h4,9,15,18,24H,3,5-8,10-14H2,1-2H3,(H,22,25). The number of amides is 1. The van der Waals surface area contributed by atoms with Crippen molar-refractivity contribution in [1.29, 1.82) is 0 Å². The molecule has 1 saturated carbocycles. The van der Waals surface area contributed by atoms with E-state index in [1.807, 2.05) is 36.8 Å². The molecule has 2 rings (SSSR count). The maximum atomic E-state index is 12.6. The number of carbonyl (C=O) groups is 1. The third-order valence-electron chi connectivity index (χ3n) is 5.06. The van der Waals surface area contributed by atoms with Crippen LogP contribution in [0.25, 0.3) is 12.2 Å². The van der Waals surface area contributed by atoms with Gasteiger partial charge in [0.15, 0.2) is 0 Å². The van der Waals surface area contributed by atoms with Crippen molar-refractivity contribution in [2.24, 2.45) is 5.92 Å². The van der Waals surface area contributed by atoms with Crippen molar-refractivity contribution in [2.75, 3.05) is 11.9 Å². The molecule has 0 aliphatic heterocycles. The third kappa shape index (κ3) is 5.33. The van der Waals surface area contributed by atoms with Crippen LogP contribution in [0, 0.1) is 5.92 Å². The normalized spacial score (nSPS) is 17.6. The highest BCUT2D eigenvalue weighted by Crippen LogP contribution is 2.25. The Morgan fingerprint density at radius 1 is 1.36 bits per heavy atom. The number of aromatic nitrogens is 1. The minimum absolute atomic E-state index is 0.0504. The van der Waals surface area contributed by atoms with Gasteiger partial charge in [0.2, 0.25) is 5.91 Å². The Bertz CT molecular complexity index is 707. The molecule has 0 unspecified atom stereocenters. The monoisotopic (exact) mass is 344 g/mol. The lowest BCUT2D eigenvalue weighted by atomic mass is 9.96. The second-order valence-corrected chi connectivity index (χ2v) is 7.07. The van der Waals surface area contributed by atoms with Gasteiger partial charge in [0.25, 0.3) is 0 Å². The molecule has 25 heavy (non-hydrogen) atoms. The zero-order chi connectivity index (χ0) is 18.2. The van der Waals surface area contributed by atoms with Crippen molar-refractivity contribution in [3.63, 3.8) is 0 Å². The van der Waals surface area contributed by atoms with Crippen LogP contribution < -0.4 is 15.9 Å². The summed E-state index contributed by atoms with van der Waals surface area (Å²) in [5, 5.41) is 14.1. The van der Waals surface area contributed by atoms with Gasteiger partial charge in [0.05, 0.1) is 12.3 Å². The molecule has 1 fully saturated rings. The van der Waals surface area contributed by atoms with Gasteiger partial charge in [0, 0.05) is 29.7 Å². The van der Waals surface area contributed by atoms with Gasteiger partial charge < -0.3 is 15.0 Å². The maximum Gasteiger partial charge on any atom is 0.224 e. The van der Waals surface area contributed by atoms with E-state index in [-0.39, 0.29) is 12.5 Å². The molecule has 0 bridgehead atoms. The van der Waals surface area contributed by atoms with Crippen LogP contribution in [0.3, 0.4) is 0 Å². The lowest BCUT2D eigenvalue weighted by Gasteiger charge is -2.13. The molecule has 138 valence electrons. The summed E-state index contributed by atoms with van der Waals surface area (Å²) in [5.41, 5.74) is 1.86. The molecule has 2 N–H and O–H groups in total. The number of rotatable bonds is 6. The molecule has 1 aromatic rings. The molecule has 0 saturated heterocycles. The fourth-order valence-corrected chi connectivity index (χ4v) is 3.80. The van der Waals surface area contributed by atoms with Gasteiger partial charge in [-0.05, 0) is 38.2 Å². The van der Waals surface area contributed by atoms with Gasteiger partial charge in [-0.2, -0.15) is 0 Å². The number of hydrogen-bond acceptors (Lipinski definition) is 2. The number of hydrogen-bond donors (Lipinski definition) is 2. The second-order valence-electron chi connectivity index (χ2n) is 7.07. The smallest absolute Gasteiger partial charge is 0.224 e. The zero-order valence-electron chi connectivity index (χ0n) is 15.7. The van der Waals surface area contributed by atoms with E-state index in [1.165, 1.54) is 25.7 Å². The number of nitrogens with zero attached hydrogens (tertiary/aromatic N) is 1. The van der Waals surface area contributed by atoms with Gasteiger partial charge in [-0.1, -0.05) is 44.4 Å². The number of aliphatic hydroxyl groups excluding tert-OH is 1. The number of carbonyl (C=O) groups excluding carboxylic acids is 1. The molecule has 1 amide bonds. The van der Waals surface area contributed by atoms with Crippen LogP contribution in [0.4, 0.5) is 5.69 Å². The average Bonchev–Trinajstić information content (AvgIpc) is 2.74. The molecule has 0 radical (unpaired) electrons. The Morgan fingerprint density at radius 3 is 2.64 bits per heavy atom. The van der Waals surface area contributed by atoms with Crippen molar-refractivity contribution in [2.45, 2.75) is 65.3 Å². The molecular formula is C21H32N2O2. The number of nitrogens with one attached hydrogen (secondary N) is 1. The van der Waals surface area contributed by atoms with Crippen LogP contribution in [-0.2, 0) is 11.3 Å². The summed E-state index contributed by atoms with van der Waals surface area (Å²) in [5.74, 6) is 0.591. The first-order chi connectivity index (χ1) is 12.1. The minimum atomic E-state index is 0.0504. The van der Waals surface area contributed by atoms with E-state index >= 15 is 0 Å². The number of allylic oxidation sites excluding steroid dienone is 2. The Labute approximate surface area is 150 Å². The first-order valence-corrected chi connectivity index (χ1v) is 9.49. The molecule has 0 aromatic carbocycles. The highest BCUT2D eigenvalue weighted by molar-refractivity contribution is 5.91. The summed E-state index contributed by atoms with van der Waals surface area (Å²) in [6.45, 7) is 8.67. The molecule has 1 aliphatic rings. The van der Waals surface area contributed by atoms with E-state index in [0.717, 1.165) is 34.7 Å². The summed E-state index contributed by atoms with van der Waals surface area (Å²) < 4.78 is 1.91. The first-order valence-electron chi connectivity index (χ1n) is 9.49. The minimum Gasteiger partial charge on any atom is -0.395 e. The molecule has 1 aliphatic carbocycles. The van der Waals surface area contributed by atoms with Crippen molar-refractivity contribution >= 4 is 23.7 Å². The quantitative estimate of drug-likeness (QED) is 0.780. The summed E-state index contributed by atoms with van der Waals surface area (Å²) in [6.07, 6.45) is 13.9. The molecule has 1 heterocycles. The van der Waals surface area contributed by atoms with Crippen molar-refractivity contribution in [3.8, 4) is 0 Å². The van der Waals surface area contributed by atoms with Crippen LogP contribution in [0.2, 0.25) is 0 Å². The van der Waals surface area contributed by atoms with Gasteiger partial charge >= 0.3 is 0 Å². The maximum absolute atomic E-state index is 12.6. The van der Waals surface area contributed by atoms with E-state index in [1.54, 1.807) is 0 Å². The summed E-state index contributed by atoms with van der Waals surface area (Å²) >= 11 is 0. The number of anilines is 1. The summed E-state index contributed by atoms with van der Waals surface area (Å²) in [7, 11) is 0. The van der Waals surface area contributed by atoms with Crippen molar-refractivity contribution < 1.29 is 9.90 Å². The van der Waals surface area contributed by atoms with Crippen molar-refractivity contribution in [1.82, 2.24) is 4.57 Å². The largest absolute Gasteiger partial charge is 0.395 e. The highest BCUT2D eigenvalue weighted by Gasteiger charge is 2.17. The van der Waals surface area contributed by atoms with E-state index in [9.17, 15) is 9.90 Å². The van der Waals surface area contributed by atoms with Gasteiger partial charge in [-0.3, -0.25) is 4.79 Å². The lowest BCUT2D eigenvalue weighted by Crippen LogP contribution is -2.31. The Balaban J connectivity index is 2.22. The van der Waals surface area contributed by atoms with Gasteiger partial charge in [0.1, 0.15) is 0 Å².